The Morgan fingerprint density at radius 3 is 2.54 bits per heavy atom. The van der Waals surface area contributed by atoms with E-state index in [1.54, 1.807) is 19.4 Å². The summed E-state index contributed by atoms with van der Waals surface area (Å²) in [7, 11) is 1.60. The molecule has 0 N–H and O–H groups in total. The van der Waals surface area contributed by atoms with Crippen LogP contribution in [0.25, 0.3) is 22.3 Å². The summed E-state index contributed by atoms with van der Waals surface area (Å²) in [5, 5.41) is 0.647. The molecule has 0 radical (unpaired) electrons. The SMILES string of the molecule is COc1ccccn1.Cc1cc2c(-c3ccc(F)cc3F)nc(N3CCOC(C)C3)nc2nc1C. The quantitative estimate of drug-likeness (QED) is 0.414. The number of ether oxygens (including phenoxy) is 2. The van der Waals surface area contributed by atoms with Crippen molar-refractivity contribution in [1.82, 2.24) is 19.9 Å². The zero-order chi connectivity index (χ0) is 24.9. The molecule has 0 saturated carbocycles. The zero-order valence-corrected chi connectivity index (χ0v) is 20.1. The van der Waals surface area contributed by atoms with E-state index in [9.17, 15) is 8.78 Å². The number of morpholine rings is 1. The first-order valence-corrected chi connectivity index (χ1v) is 11.3. The van der Waals surface area contributed by atoms with Crippen molar-refractivity contribution in [3.63, 3.8) is 0 Å². The third kappa shape index (κ3) is 5.68. The highest BCUT2D eigenvalue weighted by molar-refractivity contribution is 5.92. The van der Waals surface area contributed by atoms with E-state index in [1.165, 1.54) is 12.1 Å². The number of benzene rings is 1. The van der Waals surface area contributed by atoms with Crippen LogP contribution in [-0.4, -0.2) is 52.8 Å². The molecule has 1 aliphatic heterocycles. The first-order valence-electron chi connectivity index (χ1n) is 11.3. The van der Waals surface area contributed by atoms with E-state index in [2.05, 4.69) is 19.9 Å². The minimum atomic E-state index is -0.658. The molecule has 5 rings (SSSR count). The molecule has 9 heteroatoms. The van der Waals surface area contributed by atoms with Crippen molar-refractivity contribution in [1.29, 1.82) is 0 Å². The largest absolute Gasteiger partial charge is 0.481 e. The lowest BCUT2D eigenvalue weighted by atomic mass is 10.1. The smallest absolute Gasteiger partial charge is 0.228 e. The van der Waals surface area contributed by atoms with Gasteiger partial charge in [0.05, 0.1) is 25.5 Å². The number of fused-ring (bicyclic) bond motifs is 1. The second-order valence-electron chi connectivity index (χ2n) is 8.26. The van der Waals surface area contributed by atoms with Crippen molar-refractivity contribution >= 4 is 17.0 Å². The minimum absolute atomic E-state index is 0.0526. The molecule has 3 aromatic heterocycles. The van der Waals surface area contributed by atoms with Gasteiger partial charge in [0.1, 0.15) is 11.6 Å². The Bertz CT molecular complexity index is 1320. The molecule has 1 aromatic carbocycles. The molecule has 4 aromatic rings. The summed E-state index contributed by atoms with van der Waals surface area (Å²) in [5.41, 5.74) is 2.97. The second-order valence-corrected chi connectivity index (χ2v) is 8.26. The highest BCUT2D eigenvalue weighted by Gasteiger charge is 2.22. The van der Waals surface area contributed by atoms with Crippen molar-refractivity contribution in [3.8, 4) is 17.1 Å². The summed E-state index contributed by atoms with van der Waals surface area (Å²) in [4.78, 5) is 19.7. The van der Waals surface area contributed by atoms with Gasteiger partial charge < -0.3 is 14.4 Å². The summed E-state index contributed by atoms with van der Waals surface area (Å²) < 4.78 is 38.3. The van der Waals surface area contributed by atoms with Gasteiger partial charge in [-0.1, -0.05) is 6.07 Å². The fourth-order valence-electron chi connectivity index (χ4n) is 3.73. The van der Waals surface area contributed by atoms with Crippen LogP contribution in [0.2, 0.25) is 0 Å². The van der Waals surface area contributed by atoms with Gasteiger partial charge in [-0.15, -0.1) is 0 Å². The molecule has 35 heavy (non-hydrogen) atoms. The maximum atomic E-state index is 14.5. The van der Waals surface area contributed by atoms with Crippen LogP contribution in [0.3, 0.4) is 0 Å². The highest BCUT2D eigenvalue weighted by Crippen LogP contribution is 2.31. The molecular formula is C26H27F2N5O2. The predicted molar refractivity (Wildman–Crippen MR) is 131 cm³/mol. The Hall–Kier alpha value is -3.72. The molecule has 1 atom stereocenters. The Kier molecular flexibility index (Phi) is 7.45. The average Bonchev–Trinajstić information content (AvgIpc) is 2.85. The number of aryl methyl sites for hydroxylation is 2. The number of hydrogen-bond donors (Lipinski definition) is 0. The normalized spacial score (nSPS) is 15.5. The van der Waals surface area contributed by atoms with E-state index in [4.69, 9.17) is 9.47 Å². The zero-order valence-electron chi connectivity index (χ0n) is 20.1. The van der Waals surface area contributed by atoms with Crippen LogP contribution in [0.5, 0.6) is 5.88 Å². The van der Waals surface area contributed by atoms with Gasteiger partial charge in [-0.3, -0.25) is 0 Å². The van der Waals surface area contributed by atoms with Crippen LogP contribution < -0.4 is 9.64 Å². The highest BCUT2D eigenvalue weighted by atomic mass is 19.1. The topological polar surface area (TPSA) is 73.3 Å². The third-order valence-electron chi connectivity index (χ3n) is 5.68. The lowest BCUT2D eigenvalue weighted by Crippen LogP contribution is -2.42. The number of methoxy groups -OCH3 is 1. The van der Waals surface area contributed by atoms with Gasteiger partial charge in [0.25, 0.3) is 0 Å². The molecule has 182 valence electrons. The lowest BCUT2D eigenvalue weighted by molar-refractivity contribution is 0.0526. The van der Waals surface area contributed by atoms with Gasteiger partial charge in [-0.05, 0) is 50.6 Å². The molecule has 1 aliphatic rings. The number of nitrogens with zero attached hydrogens (tertiary/aromatic N) is 5. The van der Waals surface area contributed by atoms with Crippen LogP contribution in [0.15, 0.2) is 48.7 Å². The van der Waals surface area contributed by atoms with Crippen LogP contribution in [-0.2, 0) is 4.74 Å². The fraction of sp³-hybridized carbons (Fsp3) is 0.308. The van der Waals surface area contributed by atoms with Crippen molar-refractivity contribution < 1.29 is 18.3 Å². The summed E-state index contributed by atoms with van der Waals surface area (Å²) in [6.07, 6.45) is 1.75. The van der Waals surface area contributed by atoms with Gasteiger partial charge in [-0.2, -0.15) is 4.98 Å². The molecule has 0 bridgehead atoms. The van der Waals surface area contributed by atoms with E-state index in [-0.39, 0.29) is 11.7 Å². The van der Waals surface area contributed by atoms with Gasteiger partial charge in [0.2, 0.25) is 11.8 Å². The van der Waals surface area contributed by atoms with Crippen molar-refractivity contribution in [2.75, 3.05) is 31.7 Å². The van der Waals surface area contributed by atoms with E-state index < -0.39 is 11.6 Å². The number of aromatic nitrogens is 4. The number of hydrogen-bond acceptors (Lipinski definition) is 7. The summed E-state index contributed by atoms with van der Waals surface area (Å²) in [6.45, 7) is 7.69. The van der Waals surface area contributed by atoms with E-state index >= 15 is 0 Å². The second kappa shape index (κ2) is 10.7. The molecule has 7 nitrogen and oxygen atoms in total. The van der Waals surface area contributed by atoms with Gasteiger partial charge in [0, 0.05) is 48.1 Å². The average molecular weight is 480 g/mol. The van der Waals surface area contributed by atoms with Crippen LogP contribution in [0.1, 0.15) is 18.2 Å². The molecule has 1 unspecified atom stereocenters. The van der Waals surface area contributed by atoms with Crippen LogP contribution in [0, 0.1) is 25.5 Å². The van der Waals surface area contributed by atoms with Crippen LogP contribution in [0.4, 0.5) is 14.7 Å². The summed E-state index contributed by atoms with van der Waals surface area (Å²) in [6, 6.07) is 11.0. The van der Waals surface area contributed by atoms with Gasteiger partial charge >= 0.3 is 0 Å². The molecule has 0 spiro atoms. The van der Waals surface area contributed by atoms with E-state index in [0.29, 0.717) is 48.3 Å². The molecular weight excluding hydrogens is 452 g/mol. The van der Waals surface area contributed by atoms with Crippen molar-refractivity contribution in [3.05, 3.63) is 71.6 Å². The number of anilines is 1. The van der Waals surface area contributed by atoms with Crippen molar-refractivity contribution in [2.45, 2.75) is 26.9 Å². The fourth-order valence-corrected chi connectivity index (χ4v) is 3.73. The molecule has 0 amide bonds. The monoisotopic (exact) mass is 479 g/mol. The third-order valence-corrected chi connectivity index (χ3v) is 5.68. The molecule has 1 fully saturated rings. The summed E-state index contributed by atoms with van der Waals surface area (Å²) >= 11 is 0. The van der Waals surface area contributed by atoms with Gasteiger partial charge in [-0.25, -0.2) is 23.7 Å². The molecule has 1 saturated heterocycles. The minimum Gasteiger partial charge on any atom is -0.481 e. The Morgan fingerprint density at radius 2 is 1.89 bits per heavy atom. The first kappa shape index (κ1) is 24.4. The molecule has 0 aliphatic carbocycles. The van der Waals surface area contributed by atoms with E-state index in [1.807, 2.05) is 43.9 Å². The number of rotatable bonds is 3. The lowest BCUT2D eigenvalue weighted by Gasteiger charge is -2.31. The van der Waals surface area contributed by atoms with Crippen LogP contribution >= 0.6 is 0 Å². The Balaban J connectivity index is 0.000000308. The van der Waals surface area contributed by atoms with E-state index in [0.717, 1.165) is 17.3 Å². The predicted octanol–water partition coefficient (Wildman–Crippen LogP) is 4.90. The number of pyridine rings is 2. The standard InChI is InChI=1S/C20H20F2N4O.C6H7NO/c1-11-8-16-18(15-5-4-14(21)9-17(15)22)24-20(25-19(16)23-13(11)3)26-6-7-27-12(2)10-26;1-8-6-4-2-3-5-7-6/h4-5,8-9,12H,6-7,10H2,1-3H3;2-5H,1H3. The Morgan fingerprint density at radius 1 is 1.06 bits per heavy atom. The number of halogens is 2. The maximum absolute atomic E-state index is 14.5. The Labute approximate surface area is 202 Å². The summed E-state index contributed by atoms with van der Waals surface area (Å²) in [5.74, 6) is -0.142. The van der Waals surface area contributed by atoms with Crippen molar-refractivity contribution in [2.24, 2.45) is 0 Å². The first-order chi connectivity index (χ1) is 16.9. The molecule has 4 heterocycles. The maximum Gasteiger partial charge on any atom is 0.228 e. The van der Waals surface area contributed by atoms with Gasteiger partial charge in [0.15, 0.2) is 5.65 Å².